The summed E-state index contributed by atoms with van der Waals surface area (Å²) in [4.78, 5) is 0. The monoisotopic (exact) mass is 269 g/mol. The average Bonchev–Trinajstić information content (AvgIpc) is 2.90. The van der Waals surface area contributed by atoms with E-state index in [1.54, 1.807) is 0 Å². The summed E-state index contributed by atoms with van der Waals surface area (Å²) >= 11 is 12.3. The Morgan fingerprint density at radius 2 is 1.88 bits per heavy atom. The quantitative estimate of drug-likeness (QED) is 0.864. The summed E-state index contributed by atoms with van der Waals surface area (Å²) in [6, 6.07) is 6.39. The molecule has 3 atom stereocenters. The highest BCUT2D eigenvalue weighted by molar-refractivity contribution is 6.35. The topological polar surface area (TPSA) is 12.0 Å². The minimum absolute atomic E-state index is 0.682. The molecule has 3 heteroatoms. The Kier molecular flexibility index (Phi) is 3.34. The molecule has 0 spiro atoms. The molecule has 2 bridgehead atoms. The van der Waals surface area contributed by atoms with Crippen LogP contribution in [0, 0.1) is 11.8 Å². The largest absolute Gasteiger partial charge is 0.310 e. The summed E-state index contributed by atoms with van der Waals surface area (Å²) in [6.45, 7) is 0.798. The third kappa shape index (κ3) is 2.33. The van der Waals surface area contributed by atoms with Gasteiger partial charge in [0.1, 0.15) is 0 Å². The molecule has 3 unspecified atom stereocenters. The van der Waals surface area contributed by atoms with Crippen LogP contribution >= 0.6 is 23.2 Å². The fourth-order valence-corrected chi connectivity index (χ4v) is 3.96. The van der Waals surface area contributed by atoms with Crippen LogP contribution in [-0.2, 0) is 6.54 Å². The van der Waals surface area contributed by atoms with E-state index in [0.29, 0.717) is 6.04 Å². The molecule has 3 rings (SSSR count). The van der Waals surface area contributed by atoms with Crippen LogP contribution in [-0.4, -0.2) is 6.04 Å². The van der Waals surface area contributed by atoms with Gasteiger partial charge in [-0.3, -0.25) is 0 Å². The van der Waals surface area contributed by atoms with Crippen molar-refractivity contribution in [1.29, 1.82) is 0 Å². The van der Waals surface area contributed by atoms with Crippen LogP contribution in [0.25, 0.3) is 0 Å². The smallest absolute Gasteiger partial charge is 0.0465 e. The number of rotatable bonds is 3. The van der Waals surface area contributed by atoms with Gasteiger partial charge in [-0.25, -0.2) is 0 Å². The van der Waals surface area contributed by atoms with Gasteiger partial charge >= 0.3 is 0 Å². The van der Waals surface area contributed by atoms with Crippen molar-refractivity contribution in [3.05, 3.63) is 33.8 Å². The van der Waals surface area contributed by atoms with Gasteiger partial charge in [-0.05, 0) is 43.2 Å². The molecule has 0 amide bonds. The molecule has 1 aromatic carbocycles. The molecule has 1 N–H and O–H groups in total. The molecule has 0 saturated heterocycles. The first-order valence-corrected chi connectivity index (χ1v) is 7.16. The molecule has 2 saturated carbocycles. The molecule has 2 aliphatic rings. The Labute approximate surface area is 112 Å². The highest BCUT2D eigenvalue weighted by Gasteiger charge is 2.39. The maximum absolute atomic E-state index is 6.17. The highest BCUT2D eigenvalue weighted by Crippen LogP contribution is 2.44. The highest BCUT2D eigenvalue weighted by atomic mass is 35.5. The average molecular weight is 270 g/mol. The van der Waals surface area contributed by atoms with Crippen molar-refractivity contribution in [3.8, 4) is 0 Å². The fraction of sp³-hybridized carbons (Fsp3) is 0.571. The Morgan fingerprint density at radius 3 is 2.47 bits per heavy atom. The Bertz CT molecular complexity index is 398. The van der Waals surface area contributed by atoms with Crippen LogP contribution < -0.4 is 5.32 Å². The SMILES string of the molecule is Clc1cccc(Cl)c1CNC1CC2CCC1C2. The van der Waals surface area contributed by atoms with Crippen molar-refractivity contribution in [1.82, 2.24) is 5.32 Å². The minimum Gasteiger partial charge on any atom is -0.310 e. The van der Waals surface area contributed by atoms with Crippen molar-refractivity contribution in [2.45, 2.75) is 38.3 Å². The summed E-state index contributed by atoms with van der Waals surface area (Å²) in [6.07, 6.45) is 5.61. The lowest BCUT2D eigenvalue weighted by atomic mass is 9.95. The zero-order valence-corrected chi connectivity index (χ0v) is 11.3. The molecule has 0 aliphatic heterocycles. The maximum Gasteiger partial charge on any atom is 0.0465 e. The van der Waals surface area contributed by atoms with E-state index in [0.717, 1.165) is 34.0 Å². The van der Waals surface area contributed by atoms with Crippen LogP contribution in [0.5, 0.6) is 0 Å². The van der Waals surface area contributed by atoms with Gasteiger partial charge in [-0.2, -0.15) is 0 Å². The minimum atomic E-state index is 0.682. The van der Waals surface area contributed by atoms with Crippen LogP contribution in [0.15, 0.2) is 18.2 Å². The lowest BCUT2D eigenvalue weighted by Gasteiger charge is -2.23. The van der Waals surface area contributed by atoms with Gasteiger partial charge in [0, 0.05) is 28.2 Å². The number of nitrogens with one attached hydrogen (secondary N) is 1. The second-order valence-corrected chi connectivity index (χ2v) is 6.18. The first-order chi connectivity index (χ1) is 8.24. The number of halogens is 2. The molecule has 2 aliphatic carbocycles. The second kappa shape index (κ2) is 4.79. The van der Waals surface area contributed by atoms with Crippen molar-refractivity contribution in [2.24, 2.45) is 11.8 Å². The summed E-state index contributed by atoms with van der Waals surface area (Å²) < 4.78 is 0. The zero-order chi connectivity index (χ0) is 11.8. The molecular weight excluding hydrogens is 253 g/mol. The van der Waals surface area contributed by atoms with Crippen LogP contribution in [0.4, 0.5) is 0 Å². The van der Waals surface area contributed by atoms with Gasteiger partial charge < -0.3 is 5.32 Å². The Morgan fingerprint density at radius 1 is 1.12 bits per heavy atom. The molecule has 1 nitrogen and oxygen atoms in total. The van der Waals surface area contributed by atoms with E-state index in [-0.39, 0.29) is 0 Å². The van der Waals surface area contributed by atoms with E-state index < -0.39 is 0 Å². The predicted octanol–water partition coefficient (Wildman–Crippen LogP) is 4.27. The third-order valence-electron chi connectivity index (χ3n) is 4.34. The first-order valence-electron chi connectivity index (χ1n) is 6.40. The van der Waals surface area contributed by atoms with Crippen molar-refractivity contribution in [2.75, 3.05) is 0 Å². The Balaban J connectivity index is 1.64. The normalized spacial score (nSPS) is 31.1. The van der Waals surface area contributed by atoms with Crippen molar-refractivity contribution in [3.63, 3.8) is 0 Å². The zero-order valence-electron chi connectivity index (χ0n) is 9.76. The number of benzene rings is 1. The summed E-state index contributed by atoms with van der Waals surface area (Å²) in [7, 11) is 0. The van der Waals surface area contributed by atoms with E-state index in [4.69, 9.17) is 23.2 Å². The molecule has 2 fully saturated rings. The van der Waals surface area contributed by atoms with E-state index in [1.807, 2.05) is 18.2 Å². The maximum atomic E-state index is 6.17. The molecule has 92 valence electrons. The van der Waals surface area contributed by atoms with E-state index in [2.05, 4.69) is 5.32 Å². The van der Waals surface area contributed by atoms with E-state index in [9.17, 15) is 0 Å². The first kappa shape index (κ1) is 11.8. The van der Waals surface area contributed by atoms with E-state index >= 15 is 0 Å². The summed E-state index contributed by atoms with van der Waals surface area (Å²) in [5.74, 6) is 1.86. The van der Waals surface area contributed by atoms with Gasteiger partial charge in [0.05, 0.1) is 0 Å². The van der Waals surface area contributed by atoms with Gasteiger partial charge in [0.15, 0.2) is 0 Å². The van der Waals surface area contributed by atoms with Crippen molar-refractivity contribution >= 4 is 23.2 Å². The number of hydrogen-bond donors (Lipinski definition) is 1. The molecule has 1 aromatic rings. The van der Waals surface area contributed by atoms with Crippen molar-refractivity contribution < 1.29 is 0 Å². The predicted molar refractivity (Wildman–Crippen MR) is 72.5 cm³/mol. The van der Waals surface area contributed by atoms with Crippen LogP contribution in [0.3, 0.4) is 0 Å². The molecule has 0 radical (unpaired) electrons. The fourth-order valence-electron chi connectivity index (χ4n) is 3.43. The van der Waals surface area contributed by atoms with Gasteiger partial charge in [-0.15, -0.1) is 0 Å². The molecule has 0 heterocycles. The standard InChI is InChI=1S/C14H17Cl2N/c15-12-2-1-3-13(16)11(12)8-17-14-7-9-4-5-10(14)6-9/h1-3,9-10,14,17H,4-8H2. The molecular formula is C14H17Cl2N. The molecule has 0 aromatic heterocycles. The lowest BCUT2D eigenvalue weighted by Crippen LogP contribution is -2.33. The second-order valence-electron chi connectivity index (χ2n) is 5.36. The van der Waals surface area contributed by atoms with Gasteiger partial charge in [-0.1, -0.05) is 35.7 Å². The van der Waals surface area contributed by atoms with Crippen LogP contribution in [0.2, 0.25) is 10.0 Å². The summed E-state index contributed by atoms with van der Waals surface area (Å²) in [5, 5.41) is 5.18. The third-order valence-corrected chi connectivity index (χ3v) is 5.05. The van der Waals surface area contributed by atoms with E-state index in [1.165, 1.54) is 25.7 Å². The number of hydrogen-bond acceptors (Lipinski definition) is 1. The number of fused-ring (bicyclic) bond motifs is 2. The molecule has 17 heavy (non-hydrogen) atoms. The van der Waals surface area contributed by atoms with Crippen LogP contribution in [0.1, 0.15) is 31.2 Å². The lowest BCUT2D eigenvalue weighted by molar-refractivity contribution is 0.351. The summed E-state index contributed by atoms with van der Waals surface area (Å²) in [5.41, 5.74) is 1.04. The van der Waals surface area contributed by atoms with Gasteiger partial charge in [0.2, 0.25) is 0 Å². The Hall–Kier alpha value is -0.240. The van der Waals surface area contributed by atoms with Gasteiger partial charge in [0.25, 0.3) is 0 Å².